The van der Waals surface area contributed by atoms with E-state index in [9.17, 15) is 9.59 Å². The molecule has 1 amide bonds. The fraction of sp³-hybridized carbons (Fsp3) is 0.350. The molecule has 6 heteroatoms. The zero-order valence-electron chi connectivity index (χ0n) is 15.3. The second-order valence-corrected chi connectivity index (χ2v) is 6.18. The summed E-state index contributed by atoms with van der Waals surface area (Å²) in [5.74, 6) is 0.675. The van der Waals surface area contributed by atoms with Crippen molar-refractivity contribution in [3.05, 3.63) is 62.6 Å². The van der Waals surface area contributed by atoms with Crippen LogP contribution in [0.2, 0.25) is 0 Å². The van der Waals surface area contributed by atoms with Crippen molar-refractivity contribution in [1.82, 2.24) is 10.3 Å². The first kappa shape index (κ1) is 19.3. The van der Waals surface area contributed by atoms with Crippen molar-refractivity contribution in [2.75, 3.05) is 13.2 Å². The van der Waals surface area contributed by atoms with E-state index in [1.165, 1.54) is 0 Å². The number of hydrogen-bond donors (Lipinski definition) is 2. The van der Waals surface area contributed by atoms with E-state index >= 15 is 0 Å². The number of H-pyrrole nitrogens is 1. The maximum atomic E-state index is 12.0. The highest BCUT2D eigenvalue weighted by molar-refractivity contribution is 5.76. The third-order valence-corrected chi connectivity index (χ3v) is 4.24. The number of nitrogens with zero attached hydrogens (tertiary/aromatic N) is 1. The molecule has 6 nitrogen and oxygen atoms in total. The molecular formula is C20H23N3O3. The predicted octanol–water partition coefficient (Wildman–Crippen LogP) is 2.30. The average molecular weight is 353 g/mol. The van der Waals surface area contributed by atoms with Crippen molar-refractivity contribution in [3.8, 4) is 11.8 Å². The number of pyridine rings is 1. The molecule has 0 saturated heterocycles. The van der Waals surface area contributed by atoms with Crippen LogP contribution in [0.4, 0.5) is 0 Å². The van der Waals surface area contributed by atoms with Gasteiger partial charge in [-0.1, -0.05) is 17.7 Å². The number of carbonyl (C=O) groups is 1. The number of benzene rings is 1. The highest BCUT2D eigenvalue weighted by atomic mass is 16.5. The monoisotopic (exact) mass is 353 g/mol. The Morgan fingerprint density at radius 1 is 1.23 bits per heavy atom. The van der Waals surface area contributed by atoms with Gasteiger partial charge in [-0.2, -0.15) is 5.26 Å². The first-order valence-electron chi connectivity index (χ1n) is 8.51. The van der Waals surface area contributed by atoms with Gasteiger partial charge in [0.2, 0.25) is 5.91 Å². The standard InChI is InChI=1S/C20H23N3O3/c1-13-4-6-16(7-5-13)26-11-10-22-19(24)9-8-17-14(2)18(12-21)20(25)23-15(17)3/h4-7H,8-11H2,1-3H3,(H,22,24)(H,23,25). The van der Waals surface area contributed by atoms with Crippen molar-refractivity contribution in [3.63, 3.8) is 0 Å². The minimum atomic E-state index is -0.385. The number of aromatic nitrogens is 1. The Bertz CT molecular complexity index is 877. The van der Waals surface area contributed by atoms with Gasteiger partial charge >= 0.3 is 0 Å². The molecule has 0 unspecified atom stereocenters. The Kier molecular flexibility index (Phi) is 6.56. The van der Waals surface area contributed by atoms with Crippen LogP contribution in [-0.2, 0) is 11.2 Å². The molecule has 0 saturated carbocycles. The molecule has 136 valence electrons. The van der Waals surface area contributed by atoms with E-state index in [1.54, 1.807) is 13.8 Å². The minimum Gasteiger partial charge on any atom is -0.492 e. The number of carbonyl (C=O) groups excluding carboxylic acids is 1. The number of nitrogens with one attached hydrogen (secondary N) is 2. The lowest BCUT2D eigenvalue weighted by atomic mass is 9.99. The number of ether oxygens (including phenoxy) is 1. The van der Waals surface area contributed by atoms with E-state index < -0.39 is 0 Å². The van der Waals surface area contributed by atoms with E-state index in [-0.39, 0.29) is 23.5 Å². The summed E-state index contributed by atoms with van der Waals surface area (Å²) in [6, 6.07) is 9.65. The van der Waals surface area contributed by atoms with Crippen molar-refractivity contribution in [2.24, 2.45) is 0 Å². The van der Waals surface area contributed by atoms with Crippen LogP contribution in [0.25, 0.3) is 0 Å². The first-order chi connectivity index (χ1) is 12.4. The molecule has 26 heavy (non-hydrogen) atoms. The van der Waals surface area contributed by atoms with E-state index in [0.717, 1.165) is 16.9 Å². The van der Waals surface area contributed by atoms with Gasteiger partial charge in [-0.25, -0.2) is 0 Å². The van der Waals surface area contributed by atoms with Crippen molar-refractivity contribution in [1.29, 1.82) is 5.26 Å². The molecule has 1 aromatic carbocycles. The summed E-state index contributed by atoms with van der Waals surface area (Å²) in [4.78, 5) is 26.4. The van der Waals surface area contributed by atoms with Crippen molar-refractivity contribution in [2.45, 2.75) is 33.6 Å². The van der Waals surface area contributed by atoms with Gasteiger partial charge in [0, 0.05) is 12.1 Å². The SMILES string of the molecule is Cc1ccc(OCCNC(=O)CCc2c(C)[nH]c(=O)c(C#N)c2C)cc1. The summed E-state index contributed by atoms with van der Waals surface area (Å²) >= 11 is 0. The second-order valence-electron chi connectivity index (χ2n) is 6.18. The van der Waals surface area contributed by atoms with Crippen LogP contribution in [0.5, 0.6) is 5.75 Å². The number of hydrogen-bond acceptors (Lipinski definition) is 4. The topological polar surface area (TPSA) is 95.0 Å². The molecule has 0 aliphatic heterocycles. The van der Waals surface area contributed by atoms with Crippen LogP contribution in [0.3, 0.4) is 0 Å². The number of amides is 1. The molecule has 0 fully saturated rings. The zero-order valence-corrected chi connectivity index (χ0v) is 15.3. The van der Waals surface area contributed by atoms with Crippen molar-refractivity contribution < 1.29 is 9.53 Å². The largest absolute Gasteiger partial charge is 0.492 e. The normalized spacial score (nSPS) is 10.2. The summed E-state index contributed by atoms with van der Waals surface area (Å²) < 4.78 is 5.57. The average Bonchev–Trinajstić information content (AvgIpc) is 2.60. The maximum absolute atomic E-state index is 12.0. The molecule has 0 bridgehead atoms. The molecule has 2 N–H and O–H groups in total. The molecule has 1 aromatic heterocycles. The summed E-state index contributed by atoms with van der Waals surface area (Å²) in [5.41, 5.74) is 3.07. The number of aromatic amines is 1. The lowest BCUT2D eigenvalue weighted by Gasteiger charge is -2.11. The van der Waals surface area contributed by atoms with E-state index in [0.29, 0.717) is 30.8 Å². The molecule has 2 rings (SSSR count). The highest BCUT2D eigenvalue weighted by Crippen LogP contribution is 2.15. The van der Waals surface area contributed by atoms with Crippen LogP contribution in [-0.4, -0.2) is 24.0 Å². The van der Waals surface area contributed by atoms with Gasteiger partial charge in [-0.15, -0.1) is 0 Å². The van der Waals surface area contributed by atoms with Gasteiger partial charge in [0.25, 0.3) is 5.56 Å². The quantitative estimate of drug-likeness (QED) is 0.747. The van der Waals surface area contributed by atoms with Crippen LogP contribution >= 0.6 is 0 Å². The van der Waals surface area contributed by atoms with E-state index in [4.69, 9.17) is 10.00 Å². The Balaban J connectivity index is 1.81. The van der Waals surface area contributed by atoms with Gasteiger partial charge in [0.05, 0.1) is 6.54 Å². The number of aryl methyl sites for hydroxylation is 2. The molecule has 0 aliphatic rings. The molecule has 1 heterocycles. The van der Waals surface area contributed by atoms with Gasteiger partial charge in [-0.3, -0.25) is 9.59 Å². The van der Waals surface area contributed by atoms with Gasteiger partial charge in [0.15, 0.2) is 0 Å². The second kappa shape index (κ2) is 8.86. The van der Waals surface area contributed by atoms with Crippen LogP contribution in [0.15, 0.2) is 29.1 Å². The van der Waals surface area contributed by atoms with E-state index in [2.05, 4.69) is 10.3 Å². The summed E-state index contributed by atoms with van der Waals surface area (Å²) in [5, 5.41) is 11.9. The highest BCUT2D eigenvalue weighted by Gasteiger charge is 2.13. The van der Waals surface area contributed by atoms with Gasteiger partial charge in [0.1, 0.15) is 24.0 Å². The fourth-order valence-electron chi connectivity index (χ4n) is 2.74. The third-order valence-electron chi connectivity index (χ3n) is 4.24. The predicted molar refractivity (Wildman–Crippen MR) is 99.3 cm³/mol. The van der Waals surface area contributed by atoms with Gasteiger partial charge < -0.3 is 15.0 Å². The zero-order chi connectivity index (χ0) is 19.1. The minimum absolute atomic E-state index is 0.0963. The van der Waals surface area contributed by atoms with Crippen LogP contribution in [0, 0.1) is 32.1 Å². The summed E-state index contributed by atoms with van der Waals surface area (Å²) in [6.07, 6.45) is 0.747. The summed E-state index contributed by atoms with van der Waals surface area (Å²) in [7, 11) is 0. The van der Waals surface area contributed by atoms with Crippen LogP contribution in [0.1, 0.15) is 34.4 Å². The molecule has 0 radical (unpaired) electrons. The molecular weight excluding hydrogens is 330 g/mol. The lowest BCUT2D eigenvalue weighted by molar-refractivity contribution is -0.121. The third kappa shape index (κ3) is 4.96. The Labute approximate surface area is 152 Å². The molecule has 2 aromatic rings. The Hall–Kier alpha value is -3.07. The first-order valence-corrected chi connectivity index (χ1v) is 8.51. The molecule has 0 aliphatic carbocycles. The number of rotatable bonds is 7. The van der Waals surface area contributed by atoms with Gasteiger partial charge in [-0.05, 0) is 50.5 Å². The van der Waals surface area contributed by atoms with Crippen LogP contribution < -0.4 is 15.6 Å². The maximum Gasteiger partial charge on any atom is 0.266 e. The fourth-order valence-corrected chi connectivity index (χ4v) is 2.74. The Morgan fingerprint density at radius 2 is 1.92 bits per heavy atom. The smallest absolute Gasteiger partial charge is 0.266 e. The van der Waals surface area contributed by atoms with E-state index in [1.807, 2.05) is 37.3 Å². The summed E-state index contributed by atoms with van der Waals surface area (Å²) in [6.45, 7) is 6.33. The number of nitriles is 1. The lowest BCUT2D eigenvalue weighted by Crippen LogP contribution is -2.28. The molecule has 0 atom stereocenters. The molecule has 0 spiro atoms. The van der Waals surface area contributed by atoms with Crippen molar-refractivity contribution >= 4 is 5.91 Å². The Morgan fingerprint density at radius 3 is 2.58 bits per heavy atom.